The number of thioether (sulfide) groups is 1. The van der Waals surface area contributed by atoms with Gasteiger partial charge in [-0.15, -0.1) is 11.8 Å². The van der Waals surface area contributed by atoms with Gasteiger partial charge in [-0.05, 0) is 17.9 Å². The van der Waals surface area contributed by atoms with Crippen molar-refractivity contribution >= 4 is 23.5 Å². The number of carbonyl (C=O) groups excluding carboxylic acids is 1. The molecule has 1 aromatic rings. The van der Waals surface area contributed by atoms with Gasteiger partial charge in [0.1, 0.15) is 5.82 Å². The number of hydrogen-bond acceptors (Lipinski definition) is 3. The molecule has 0 saturated carbocycles. The minimum Gasteiger partial charge on any atom is -0.309 e. The molecule has 0 atom stereocenters. The van der Waals surface area contributed by atoms with E-state index in [0.29, 0.717) is 5.82 Å². The van der Waals surface area contributed by atoms with Crippen molar-refractivity contribution in [1.82, 2.24) is 4.98 Å². The van der Waals surface area contributed by atoms with Crippen LogP contribution < -0.4 is 5.32 Å². The lowest BCUT2D eigenvalue weighted by Gasteiger charge is -2.18. The van der Waals surface area contributed by atoms with E-state index in [-0.39, 0.29) is 5.91 Å². The van der Waals surface area contributed by atoms with Gasteiger partial charge in [-0.25, -0.2) is 4.98 Å². The largest absolute Gasteiger partial charge is 0.309 e. The zero-order valence-corrected chi connectivity index (χ0v) is 11.0. The second-order valence-electron chi connectivity index (χ2n) is 4.49. The molecule has 0 radical (unpaired) electrons. The predicted molar refractivity (Wildman–Crippen MR) is 68.7 cm³/mol. The summed E-state index contributed by atoms with van der Waals surface area (Å²) in [5.41, 5.74) is -0.397. The lowest BCUT2D eigenvalue weighted by Crippen LogP contribution is -2.28. The molecule has 1 amide bonds. The summed E-state index contributed by atoms with van der Waals surface area (Å²) in [6, 6.07) is 3.85. The fraction of sp³-hybridized carbons (Fsp3) is 0.500. The van der Waals surface area contributed by atoms with Crippen LogP contribution in [-0.2, 0) is 4.79 Å². The Balaban J connectivity index is 2.84. The predicted octanol–water partition coefficient (Wildman–Crippen LogP) is 3.18. The smallest absolute Gasteiger partial charge is 0.230 e. The van der Waals surface area contributed by atoms with Crippen LogP contribution in [0.5, 0.6) is 0 Å². The van der Waals surface area contributed by atoms with Crippen LogP contribution >= 0.6 is 11.8 Å². The van der Waals surface area contributed by atoms with Gasteiger partial charge in [0, 0.05) is 11.6 Å². The van der Waals surface area contributed by atoms with Crippen molar-refractivity contribution in [3.8, 4) is 0 Å². The molecule has 4 heteroatoms. The minimum absolute atomic E-state index is 0.0100. The van der Waals surface area contributed by atoms with Crippen molar-refractivity contribution in [3.63, 3.8) is 0 Å². The van der Waals surface area contributed by atoms with E-state index in [4.69, 9.17) is 0 Å². The minimum atomic E-state index is -0.397. The zero-order valence-electron chi connectivity index (χ0n) is 10.2. The molecule has 88 valence electrons. The van der Waals surface area contributed by atoms with Gasteiger partial charge in [0.15, 0.2) is 0 Å². The third kappa shape index (κ3) is 3.52. The molecule has 0 aliphatic heterocycles. The summed E-state index contributed by atoms with van der Waals surface area (Å²) in [4.78, 5) is 17.0. The Kier molecular flexibility index (Phi) is 4.35. The highest BCUT2D eigenvalue weighted by Crippen LogP contribution is 2.26. The first-order valence-corrected chi connectivity index (χ1v) is 6.33. The molecule has 0 spiro atoms. The van der Waals surface area contributed by atoms with Crippen molar-refractivity contribution in [2.45, 2.75) is 32.6 Å². The number of carbonyl (C=O) groups is 1. The number of nitrogens with zero attached hydrogens (tertiary/aromatic N) is 1. The Morgan fingerprint density at radius 1 is 1.50 bits per heavy atom. The third-order valence-corrected chi connectivity index (χ3v) is 2.91. The van der Waals surface area contributed by atoms with Gasteiger partial charge in [-0.2, -0.15) is 0 Å². The molecule has 3 nitrogen and oxygen atoms in total. The van der Waals surface area contributed by atoms with E-state index in [0.717, 1.165) is 10.6 Å². The second-order valence-corrected chi connectivity index (χ2v) is 5.79. The van der Waals surface area contributed by atoms with Crippen molar-refractivity contribution in [2.75, 3.05) is 11.1 Å². The molecule has 0 aliphatic rings. The topological polar surface area (TPSA) is 42.0 Å². The first kappa shape index (κ1) is 13.0. The van der Waals surface area contributed by atoms with Crippen LogP contribution in [0.2, 0.25) is 0 Å². The van der Waals surface area contributed by atoms with Gasteiger partial charge in [0.25, 0.3) is 0 Å². The average molecular weight is 238 g/mol. The maximum atomic E-state index is 11.8. The Bertz CT molecular complexity index is 372. The zero-order chi connectivity index (χ0) is 12.2. The monoisotopic (exact) mass is 238 g/mol. The highest BCUT2D eigenvalue weighted by Gasteiger charge is 2.22. The molecular formula is C12H18N2OS. The summed E-state index contributed by atoms with van der Waals surface area (Å²) < 4.78 is 0. The Morgan fingerprint density at radius 2 is 2.19 bits per heavy atom. The van der Waals surface area contributed by atoms with E-state index in [1.807, 2.05) is 32.9 Å². The number of anilines is 1. The SMILES string of the molecule is CCSc1cccnc1NC(=O)C(C)(C)C. The molecule has 0 saturated heterocycles. The fourth-order valence-electron chi connectivity index (χ4n) is 1.05. The molecule has 1 heterocycles. The molecule has 0 aromatic carbocycles. The van der Waals surface area contributed by atoms with Crippen LogP contribution in [-0.4, -0.2) is 16.6 Å². The second kappa shape index (κ2) is 5.34. The van der Waals surface area contributed by atoms with E-state index in [1.165, 1.54) is 0 Å². The summed E-state index contributed by atoms with van der Waals surface area (Å²) >= 11 is 1.68. The molecule has 0 fully saturated rings. The molecule has 1 rings (SSSR count). The molecule has 1 aromatic heterocycles. The van der Waals surface area contributed by atoms with Crippen LogP contribution in [0.15, 0.2) is 23.2 Å². The number of pyridine rings is 1. The van der Waals surface area contributed by atoms with E-state index in [9.17, 15) is 4.79 Å². The summed E-state index contributed by atoms with van der Waals surface area (Å²) in [7, 11) is 0. The van der Waals surface area contributed by atoms with Crippen LogP contribution in [0.1, 0.15) is 27.7 Å². The highest BCUT2D eigenvalue weighted by molar-refractivity contribution is 7.99. The van der Waals surface area contributed by atoms with Crippen LogP contribution in [0, 0.1) is 5.41 Å². The standard InChI is InChI=1S/C12H18N2OS/c1-5-16-9-7-6-8-13-10(9)14-11(15)12(2,3)4/h6-8H,5H2,1-4H3,(H,13,14,15). The third-order valence-electron chi connectivity index (χ3n) is 1.98. The van der Waals surface area contributed by atoms with E-state index >= 15 is 0 Å². The van der Waals surface area contributed by atoms with Gasteiger partial charge < -0.3 is 5.32 Å². The molecular weight excluding hydrogens is 220 g/mol. The molecule has 16 heavy (non-hydrogen) atoms. The van der Waals surface area contributed by atoms with Gasteiger partial charge in [-0.1, -0.05) is 27.7 Å². The maximum Gasteiger partial charge on any atom is 0.230 e. The van der Waals surface area contributed by atoms with E-state index in [1.54, 1.807) is 18.0 Å². The highest BCUT2D eigenvalue weighted by atomic mass is 32.2. The Hall–Kier alpha value is -1.03. The van der Waals surface area contributed by atoms with Gasteiger partial charge in [-0.3, -0.25) is 4.79 Å². The number of rotatable bonds is 3. The first-order chi connectivity index (χ1) is 7.45. The Morgan fingerprint density at radius 3 is 2.75 bits per heavy atom. The lowest BCUT2D eigenvalue weighted by molar-refractivity contribution is -0.123. The summed E-state index contributed by atoms with van der Waals surface area (Å²) in [6.45, 7) is 7.74. The average Bonchev–Trinajstić information content (AvgIpc) is 2.20. The summed E-state index contributed by atoms with van der Waals surface area (Å²) in [5.74, 6) is 1.61. The molecule has 0 unspecified atom stereocenters. The van der Waals surface area contributed by atoms with Crippen molar-refractivity contribution in [2.24, 2.45) is 5.41 Å². The normalized spacial score (nSPS) is 11.2. The van der Waals surface area contributed by atoms with Crippen LogP contribution in [0.4, 0.5) is 5.82 Å². The molecule has 0 bridgehead atoms. The van der Waals surface area contributed by atoms with E-state index < -0.39 is 5.41 Å². The lowest BCUT2D eigenvalue weighted by atomic mass is 9.96. The van der Waals surface area contributed by atoms with E-state index in [2.05, 4.69) is 17.2 Å². The van der Waals surface area contributed by atoms with Gasteiger partial charge in [0.2, 0.25) is 5.91 Å². The molecule has 1 N–H and O–H groups in total. The van der Waals surface area contributed by atoms with Gasteiger partial charge >= 0.3 is 0 Å². The van der Waals surface area contributed by atoms with Crippen molar-refractivity contribution in [1.29, 1.82) is 0 Å². The first-order valence-electron chi connectivity index (χ1n) is 5.34. The maximum absolute atomic E-state index is 11.8. The number of aromatic nitrogens is 1. The van der Waals surface area contributed by atoms with Crippen molar-refractivity contribution < 1.29 is 4.79 Å². The summed E-state index contributed by atoms with van der Waals surface area (Å²) in [5, 5.41) is 2.86. The fourth-order valence-corrected chi connectivity index (χ4v) is 1.78. The Labute approximate surface area is 101 Å². The summed E-state index contributed by atoms with van der Waals surface area (Å²) in [6.07, 6.45) is 1.69. The number of hydrogen-bond donors (Lipinski definition) is 1. The number of amides is 1. The van der Waals surface area contributed by atoms with Crippen LogP contribution in [0.3, 0.4) is 0 Å². The number of nitrogens with one attached hydrogen (secondary N) is 1. The quantitative estimate of drug-likeness (QED) is 0.822. The van der Waals surface area contributed by atoms with Crippen molar-refractivity contribution in [3.05, 3.63) is 18.3 Å². The van der Waals surface area contributed by atoms with Gasteiger partial charge in [0.05, 0.1) is 4.90 Å². The van der Waals surface area contributed by atoms with Crippen LogP contribution in [0.25, 0.3) is 0 Å². The molecule has 0 aliphatic carbocycles.